The van der Waals surface area contributed by atoms with Crippen molar-refractivity contribution in [3.8, 4) is 0 Å². The van der Waals surface area contributed by atoms with Crippen LogP contribution >= 0.6 is 23.5 Å². The van der Waals surface area contributed by atoms with Crippen molar-refractivity contribution < 1.29 is 27.9 Å². The SMILES string of the molecule is CCOP(=O)(CN(CC(C)C)C(=O)N1Cc2c(Br)cccc2CC1C(=O)OC)OCC. The van der Waals surface area contributed by atoms with Crippen molar-refractivity contribution in [1.82, 2.24) is 9.80 Å². The van der Waals surface area contributed by atoms with Crippen molar-refractivity contribution in [2.75, 3.05) is 33.2 Å². The van der Waals surface area contributed by atoms with Gasteiger partial charge in [-0.05, 0) is 37.0 Å². The van der Waals surface area contributed by atoms with E-state index in [2.05, 4.69) is 15.9 Å². The first-order chi connectivity index (χ1) is 14.7. The highest BCUT2D eigenvalue weighted by Crippen LogP contribution is 2.49. The molecule has 0 radical (unpaired) electrons. The molecule has 1 heterocycles. The molecular formula is C21H32BrN2O6P. The number of urea groups is 1. The lowest BCUT2D eigenvalue weighted by Gasteiger charge is -2.39. The Balaban J connectivity index is 2.41. The second-order valence-corrected chi connectivity index (χ2v) is 10.6. The fourth-order valence-corrected chi connectivity index (χ4v) is 5.87. The van der Waals surface area contributed by atoms with Gasteiger partial charge in [-0.2, -0.15) is 0 Å². The highest BCUT2D eigenvalue weighted by Gasteiger charge is 2.40. The van der Waals surface area contributed by atoms with E-state index in [1.165, 1.54) is 16.9 Å². The van der Waals surface area contributed by atoms with Gasteiger partial charge < -0.3 is 23.6 Å². The molecule has 1 aromatic carbocycles. The smallest absolute Gasteiger partial charge is 0.349 e. The van der Waals surface area contributed by atoms with Crippen LogP contribution in [0.2, 0.25) is 0 Å². The molecule has 2 rings (SSSR count). The van der Waals surface area contributed by atoms with Crippen LogP contribution in [-0.2, 0) is 36.1 Å². The second-order valence-electron chi connectivity index (χ2n) is 7.74. The van der Waals surface area contributed by atoms with Gasteiger partial charge in [0.25, 0.3) is 0 Å². The minimum Gasteiger partial charge on any atom is -0.467 e. The molecule has 1 unspecified atom stereocenters. The summed E-state index contributed by atoms with van der Waals surface area (Å²) in [6.07, 6.45) is 0.163. The van der Waals surface area contributed by atoms with Crippen molar-refractivity contribution in [3.05, 3.63) is 33.8 Å². The fraction of sp³-hybridized carbons (Fsp3) is 0.619. The molecule has 1 aliphatic heterocycles. The van der Waals surface area contributed by atoms with Crippen LogP contribution < -0.4 is 0 Å². The topological polar surface area (TPSA) is 85.4 Å². The predicted molar refractivity (Wildman–Crippen MR) is 122 cm³/mol. The summed E-state index contributed by atoms with van der Waals surface area (Å²) in [6.45, 7) is 8.37. The van der Waals surface area contributed by atoms with Crippen molar-refractivity contribution in [1.29, 1.82) is 0 Å². The lowest BCUT2D eigenvalue weighted by atomic mass is 9.94. The summed E-state index contributed by atoms with van der Waals surface area (Å²) >= 11 is 3.55. The van der Waals surface area contributed by atoms with E-state index >= 15 is 0 Å². The number of carbonyl (C=O) groups excluding carboxylic acids is 2. The van der Waals surface area contributed by atoms with E-state index in [0.717, 1.165) is 15.6 Å². The molecule has 0 aromatic heterocycles. The number of ether oxygens (including phenoxy) is 1. The second kappa shape index (κ2) is 11.5. The summed E-state index contributed by atoms with van der Waals surface area (Å²) in [4.78, 5) is 29.2. The normalized spacial score (nSPS) is 16.2. The Morgan fingerprint density at radius 1 is 1.26 bits per heavy atom. The van der Waals surface area contributed by atoms with Gasteiger partial charge in [-0.15, -0.1) is 0 Å². The number of rotatable bonds is 9. The van der Waals surface area contributed by atoms with Crippen molar-refractivity contribution in [2.24, 2.45) is 5.92 Å². The molecule has 0 fully saturated rings. The average Bonchev–Trinajstić information content (AvgIpc) is 2.71. The van der Waals surface area contributed by atoms with E-state index in [-0.39, 0.29) is 32.0 Å². The summed E-state index contributed by atoms with van der Waals surface area (Å²) in [5.41, 5.74) is 1.93. The maximum Gasteiger partial charge on any atom is 0.349 e. The predicted octanol–water partition coefficient (Wildman–Crippen LogP) is 4.65. The number of hydrogen-bond donors (Lipinski definition) is 0. The summed E-state index contributed by atoms with van der Waals surface area (Å²) in [7, 11) is -2.20. The van der Waals surface area contributed by atoms with Crippen LogP contribution in [0.15, 0.2) is 22.7 Å². The summed E-state index contributed by atoms with van der Waals surface area (Å²) < 4.78 is 29.8. The minimum absolute atomic E-state index is 0.112. The van der Waals surface area contributed by atoms with Crippen LogP contribution in [0.25, 0.3) is 0 Å². The molecule has 0 saturated carbocycles. The number of amides is 2. The minimum atomic E-state index is -3.51. The Hall–Kier alpha value is -1.41. The highest BCUT2D eigenvalue weighted by atomic mass is 79.9. The van der Waals surface area contributed by atoms with Gasteiger partial charge in [0.05, 0.1) is 20.3 Å². The molecule has 0 saturated heterocycles. The Bertz CT molecular complexity index is 824. The molecule has 1 aromatic rings. The Morgan fingerprint density at radius 3 is 2.45 bits per heavy atom. The molecule has 0 N–H and O–H groups in total. The molecule has 0 spiro atoms. The van der Waals surface area contributed by atoms with E-state index in [4.69, 9.17) is 13.8 Å². The number of methoxy groups -OCH3 is 1. The van der Waals surface area contributed by atoms with Gasteiger partial charge in [0, 0.05) is 24.0 Å². The van der Waals surface area contributed by atoms with E-state index < -0.39 is 25.6 Å². The van der Waals surface area contributed by atoms with Crippen molar-refractivity contribution in [3.63, 3.8) is 0 Å². The average molecular weight is 519 g/mol. The van der Waals surface area contributed by atoms with Crippen LogP contribution in [0.4, 0.5) is 4.79 Å². The van der Waals surface area contributed by atoms with Gasteiger partial charge in [0.2, 0.25) is 0 Å². The third kappa shape index (κ3) is 6.54. The number of esters is 1. The van der Waals surface area contributed by atoms with Crippen LogP contribution in [0, 0.1) is 5.92 Å². The number of halogens is 1. The monoisotopic (exact) mass is 518 g/mol. The molecule has 8 nitrogen and oxygen atoms in total. The zero-order valence-electron chi connectivity index (χ0n) is 18.8. The molecule has 1 atom stereocenters. The first kappa shape index (κ1) is 25.8. The van der Waals surface area contributed by atoms with Gasteiger partial charge in [-0.25, -0.2) is 9.59 Å². The number of benzene rings is 1. The maximum absolute atomic E-state index is 13.7. The van der Waals surface area contributed by atoms with Gasteiger partial charge in [-0.3, -0.25) is 4.57 Å². The van der Waals surface area contributed by atoms with Crippen molar-refractivity contribution >= 4 is 35.5 Å². The number of nitrogens with zero attached hydrogens (tertiary/aromatic N) is 2. The van der Waals surface area contributed by atoms with Crippen LogP contribution in [0.3, 0.4) is 0 Å². The lowest BCUT2D eigenvalue weighted by Crippen LogP contribution is -2.54. The van der Waals surface area contributed by atoms with E-state index in [0.29, 0.717) is 13.0 Å². The van der Waals surface area contributed by atoms with E-state index in [1.807, 2.05) is 32.0 Å². The first-order valence-corrected chi connectivity index (χ1v) is 13.0. The Labute approximate surface area is 192 Å². The third-order valence-electron chi connectivity index (χ3n) is 4.90. The standard InChI is InChI=1S/C21H32BrN2O6P/c1-6-29-31(27,30-7-2)14-23(12-15(3)4)21(26)24-13-17-16(9-8-10-18(17)22)11-19(24)20(25)28-5/h8-10,15,19H,6-7,11-14H2,1-5H3. The largest absolute Gasteiger partial charge is 0.467 e. The zero-order valence-corrected chi connectivity index (χ0v) is 21.3. The third-order valence-corrected chi connectivity index (χ3v) is 7.64. The number of fused-ring (bicyclic) bond motifs is 1. The van der Waals surface area contributed by atoms with Gasteiger partial charge in [-0.1, -0.05) is 41.9 Å². The van der Waals surface area contributed by atoms with Gasteiger partial charge in [0.15, 0.2) is 0 Å². The molecule has 0 aliphatic carbocycles. The molecule has 2 amide bonds. The maximum atomic E-state index is 13.7. The van der Waals surface area contributed by atoms with E-state index in [1.54, 1.807) is 13.8 Å². The quantitative estimate of drug-likeness (QED) is 0.349. The highest BCUT2D eigenvalue weighted by molar-refractivity contribution is 9.10. The molecule has 0 bridgehead atoms. The zero-order chi connectivity index (χ0) is 23.2. The first-order valence-electron chi connectivity index (χ1n) is 10.4. The van der Waals surface area contributed by atoms with Crippen LogP contribution in [-0.4, -0.2) is 61.0 Å². The Morgan fingerprint density at radius 2 is 1.90 bits per heavy atom. The Kier molecular flexibility index (Phi) is 9.55. The summed E-state index contributed by atoms with van der Waals surface area (Å²) in [6, 6.07) is 4.59. The number of hydrogen-bond acceptors (Lipinski definition) is 6. The van der Waals surface area contributed by atoms with E-state index in [9.17, 15) is 14.2 Å². The number of carbonyl (C=O) groups is 2. The molecular weight excluding hydrogens is 487 g/mol. The summed E-state index contributed by atoms with van der Waals surface area (Å²) in [5.74, 6) is -0.373. The van der Waals surface area contributed by atoms with Crippen molar-refractivity contribution in [2.45, 2.75) is 46.7 Å². The summed E-state index contributed by atoms with van der Waals surface area (Å²) in [5, 5.41) is 0. The molecule has 10 heteroatoms. The van der Waals surface area contributed by atoms with Gasteiger partial charge >= 0.3 is 19.6 Å². The van der Waals surface area contributed by atoms with Crippen LogP contribution in [0.5, 0.6) is 0 Å². The van der Waals surface area contributed by atoms with Crippen LogP contribution in [0.1, 0.15) is 38.8 Å². The fourth-order valence-electron chi connectivity index (χ4n) is 3.66. The lowest BCUT2D eigenvalue weighted by molar-refractivity contribution is -0.146. The molecule has 1 aliphatic rings. The molecule has 174 valence electrons. The van der Waals surface area contributed by atoms with Gasteiger partial charge in [0.1, 0.15) is 12.3 Å². The molecule has 31 heavy (non-hydrogen) atoms.